The second-order valence-electron chi connectivity index (χ2n) is 12.7. The Hall–Kier alpha value is -2.76. The summed E-state index contributed by atoms with van der Waals surface area (Å²) in [7, 11) is 0. The van der Waals surface area contributed by atoms with E-state index >= 15 is 0 Å². The van der Waals surface area contributed by atoms with Crippen molar-refractivity contribution < 1.29 is 48.3 Å². The lowest BCUT2D eigenvalue weighted by Gasteiger charge is -2.62. The highest BCUT2D eigenvalue weighted by Crippen LogP contribution is 2.69. The molecule has 1 saturated carbocycles. The number of epoxide rings is 2. The molecule has 0 aromatic rings. The lowest BCUT2D eigenvalue weighted by Crippen LogP contribution is -2.73. The van der Waals surface area contributed by atoms with Gasteiger partial charge in [-0.1, -0.05) is 23.3 Å². The first-order valence-corrected chi connectivity index (χ1v) is 13.7. The molecule has 4 fully saturated rings. The second-order valence-corrected chi connectivity index (χ2v) is 12.7. The molecule has 0 aromatic heterocycles. The zero-order valence-electron chi connectivity index (χ0n) is 23.1. The number of Topliss-reactive ketones (excluding diaryl/α,β-unsaturated/α-hetero) is 4. The zero-order chi connectivity index (χ0) is 28.8. The van der Waals surface area contributed by atoms with Crippen LogP contribution in [-0.4, -0.2) is 87.3 Å². The molecule has 0 unspecified atom stereocenters. The van der Waals surface area contributed by atoms with Crippen LogP contribution < -0.4 is 0 Å². The van der Waals surface area contributed by atoms with Crippen molar-refractivity contribution in [2.24, 2.45) is 17.3 Å². The van der Waals surface area contributed by atoms with E-state index in [2.05, 4.69) is 0 Å². The van der Waals surface area contributed by atoms with Gasteiger partial charge in [0.05, 0.1) is 24.0 Å². The van der Waals surface area contributed by atoms with E-state index in [0.29, 0.717) is 0 Å². The molecule has 0 amide bonds. The lowest BCUT2D eigenvalue weighted by atomic mass is 9.44. The SMILES string of the molecule is CC(C)=C[C@@H](O)[C@]12O[C@@H]1C(=O)C1=C(C2=O)[C@@H]2O[C@H](C)[C@H]1[C@@H]1[C@H](C)OC=C3C(=O)[C@@]4([C@H](O)C=C(C)C)O[C@@H]4C(=O)[C@]312. The Labute approximate surface area is 230 Å². The van der Waals surface area contributed by atoms with E-state index in [1.165, 1.54) is 18.4 Å². The molecule has 2 N–H and O–H groups in total. The molecule has 12 atom stereocenters. The molecule has 5 heterocycles. The summed E-state index contributed by atoms with van der Waals surface area (Å²) in [6.45, 7) is 10.6. The van der Waals surface area contributed by atoms with Crippen LogP contribution in [0.15, 0.2) is 46.3 Å². The quantitative estimate of drug-likeness (QED) is 0.379. The number of aliphatic hydroxyl groups is 2. The van der Waals surface area contributed by atoms with Gasteiger partial charge in [0, 0.05) is 23.0 Å². The molecule has 8 aliphatic rings. The maximum absolute atomic E-state index is 14.6. The minimum Gasteiger partial charge on any atom is -0.498 e. The van der Waals surface area contributed by atoms with E-state index < -0.39 is 94.3 Å². The van der Waals surface area contributed by atoms with Gasteiger partial charge in [0.1, 0.15) is 23.7 Å². The molecule has 10 nitrogen and oxygen atoms in total. The lowest BCUT2D eigenvalue weighted by molar-refractivity contribution is -0.205. The number of ether oxygens (including phenoxy) is 4. The molecule has 0 aromatic carbocycles. The van der Waals surface area contributed by atoms with E-state index in [1.807, 2.05) is 0 Å². The van der Waals surface area contributed by atoms with Gasteiger partial charge < -0.3 is 29.2 Å². The van der Waals surface area contributed by atoms with Gasteiger partial charge in [0.2, 0.25) is 5.78 Å². The Balaban J connectivity index is 1.42. The average molecular weight is 553 g/mol. The fourth-order valence-corrected chi connectivity index (χ4v) is 8.27. The number of hydrogen-bond donors (Lipinski definition) is 2. The van der Waals surface area contributed by atoms with Crippen molar-refractivity contribution in [3.8, 4) is 0 Å². The molecular weight excluding hydrogens is 520 g/mol. The van der Waals surface area contributed by atoms with Gasteiger partial charge in [-0.15, -0.1) is 0 Å². The summed E-state index contributed by atoms with van der Waals surface area (Å²) >= 11 is 0. The van der Waals surface area contributed by atoms with E-state index in [9.17, 15) is 29.4 Å². The first-order valence-electron chi connectivity index (χ1n) is 13.7. The standard InChI is InChI=1S/C30H32O10/c1-10(2)7-15(31)29-22(34)14-9-37-13(6)20-17-12(5)38-25(28(14,20)24(36)27(29)40-29)19-18(17)21(33)26-30(39-26,23(19)35)16(32)8-11(3)4/h7-9,12-13,15-17,20,25-27,31-32H,1-6H3/t12-,13+,15-,16-,17-,20+,25+,26-,27-,28+,29-,30-/m1/s1. The van der Waals surface area contributed by atoms with Gasteiger partial charge in [-0.05, 0) is 41.5 Å². The highest BCUT2D eigenvalue weighted by Gasteiger charge is 2.86. The molecule has 2 bridgehead atoms. The first kappa shape index (κ1) is 26.2. The first-order chi connectivity index (χ1) is 18.8. The third-order valence-corrected chi connectivity index (χ3v) is 9.92. The Morgan fingerprint density at radius 3 is 2.00 bits per heavy atom. The van der Waals surface area contributed by atoms with Crippen LogP contribution in [-0.2, 0) is 38.1 Å². The number of hydrogen-bond acceptors (Lipinski definition) is 10. The van der Waals surface area contributed by atoms with Crippen LogP contribution in [0.25, 0.3) is 0 Å². The van der Waals surface area contributed by atoms with Crippen molar-refractivity contribution >= 4 is 23.1 Å². The molecule has 10 heteroatoms. The van der Waals surface area contributed by atoms with Gasteiger partial charge in [-0.25, -0.2) is 0 Å². The fourth-order valence-electron chi connectivity index (χ4n) is 8.27. The smallest absolute Gasteiger partial charge is 0.201 e. The predicted molar refractivity (Wildman–Crippen MR) is 136 cm³/mol. The molecule has 0 radical (unpaired) electrons. The maximum atomic E-state index is 14.6. The topological polar surface area (TPSA) is 152 Å². The van der Waals surface area contributed by atoms with Crippen LogP contribution in [0.3, 0.4) is 0 Å². The summed E-state index contributed by atoms with van der Waals surface area (Å²) in [6.07, 6.45) is -3.41. The Kier molecular flexibility index (Phi) is 5.06. The molecule has 8 rings (SSSR count). The largest absolute Gasteiger partial charge is 0.498 e. The highest BCUT2D eigenvalue weighted by molar-refractivity contribution is 6.26. The van der Waals surface area contributed by atoms with Gasteiger partial charge in [-0.3, -0.25) is 19.2 Å². The number of aliphatic hydroxyl groups excluding tert-OH is 2. The van der Waals surface area contributed by atoms with E-state index in [0.717, 1.165) is 11.1 Å². The normalized spacial score (nSPS) is 47.0. The van der Waals surface area contributed by atoms with Gasteiger partial charge in [-0.2, -0.15) is 0 Å². The zero-order valence-corrected chi connectivity index (χ0v) is 23.1. The third kappa shape index (κ3) is 2.68. The fraction of sp³-hybridized carbons (Fsp3) is 0.600. The van der Waals surface area contributed by atoms with Crippen molar-refractivity contribution in [1.29, 1.82) is 0 Å². The van der Waals surface area contributed by atoms with Crippen molar-refractivity contribution in [3.05, 3.63) is 46.3 Å². The number of rotatable bonds is 4. The second kappa shape index (κ2) is 7.74. The van der Waals surface area contributed by atoms with Gasteiger partial charge >= 0.3 is 0 Å². The average Bonchev–Trinajstić information content (AvgIpc) is 3.78. The van der Waals surface area contributed by atoms with Crippen molar-refractivity contribution in [1.82, 2.24) is 0 Å². The molecule has 212 valence electrons. The van der Waals surface area contributed by atoms with Crippen LogP contribution in [0.1, 0.15) is 41.5 Å². The Morgan fingerprint density at radius 2 is 1.40 bits per heavy atom. The number of allylic oxidation sites excluding steroid dienone is 2. The molecular formula is C30H32O10. The monoisotopic (exact) mass is 552 g/mol. The molecule has 5 aliphatic heterocycles. The molecule has 3 aliphatic carbocycles. The van der Waals surface area contributed by atoms with Crippen molar-refractivity contribution in [3.63, 3.8) is 0 Å². The number of carbonyl (C=O) groups excluding carboxylic acids is 4. The number of ketones is 4. The van der Waals surface area contributed by atoms with Crippen LogP contribution in [0, 0.1) is 17.3 Å². The Bertz CT molecular complexity index is 1440. The maximum Gasteiger partial charge on any atom is 0.201 e. The van der Waals surface area contributed by atoms with E-state index in [-0.39, 0.29) is 16.7 Å². The Morgan fingerprint density at radius 1 is 0.825 bits per heavy atom. The highest BCUT2D eigenvalue weighted by atomic mass is 16.6. The summed E-state index contributed by atoms with van der Waals surface area (Å²) in [5.74, 6) is -3.55. The number of carbonyl (C=O) groups is 4. The predicted octanol–water partition coefficient (Wildman–Crippen LogP) is 0.838. The van der Waals surface area contributed by atoms with Crippen molar-refractivity contribution in [2.45, 2.75) is 95.5 Å². The summed E-state index contributed by atoms with van der Waals surface area (Å²) in [4.78, 5) is 56.9. The van der Waals surface area contributed by atoms with E-state index in [1.54, 1.807) is 41.5 Å². The summed E-state index contributed by atoms with van der Waals surface area (Å²) in [5.41, 5.74) is -3.57. The van der Waals surface area contributed by atoms with Crippen LogP contribution in [0.5, 0.6) is 0 Å². The molecule has 1 spiro atoms. The van der Waals surface area contributed by atoms with Gasteiger partial charge in [0.25, 0.3) is 0 Å². The minimum atomic E-state index is -1.80. The van der Waals surface area contributed by atoms with E-state index in [4.69, 9.17) is 18.9 Å². The van der Waals surface area contributed by atoms with Crippen LogP contribution in [0.4, 0.5) is 0 Å². The number of fused-ring (bicyclic) bond motifs is 3. The van der Waals surface area contributed by atoms with Crippen LogP contribution in [0.2, 0.25) is 0 Å². The minimum absolute atomic E-state index is 0.0153. The summed E-state index contributed by atoms with van der Waals surface area (Å²) in [6, 6.07) is 0. The van der Waals surface area contributed by atoms with Crippen LogP contribution >= 0.6 is 0 Å². The summed E-state index contributed by atoms with van der Waals surface area (Å²) in [5, 5.41) is 22.0. The molecule has 3 saturated heterocycles. The third-order valence-electron chi connectivity index (χ3n) is 9.92. The molecule has 40 heavy (non-hydrogen) atoms. The van der Waals surface area contributed by atoms with Crippen molar-refractivity contribution in [2.75, 3.05) is 0 Å². The van der Waals surface area contributed by atoms with Gasteiger partial charge in [0.15, 0.2) is 40.8 Å². The summed E-state index contributed by atoms with van der Waals surface area (Å²) < 4.78 is 23.8.